The lowest BCUT2D eigenvalue weighted by Crippen LogP contribution is -2.59. The van der Waals surface area contributed by atoms with E-state index in [2.05, 4.69) is 5.32 Å². The summed E-state index contributed by atoms with van der Waals surface area (Å²) in [7, 11) is 8.46. The van der Waals surface area contributed by atoms with E-state index in [1.54, 1.807) is 21.8 Å². The molecule has 2 aromatic rings. The van der Waals surface area contributed by atoms with Gasteiger partial charge in [-0.05, 0) is 29.7 Å². The summed E-state index contributed by atoms with van der Waals surface area (Å²) in [6.07, 6.45) is 0.348. The van der Waals surface area contributed by atoms with Gasteiger partial charge in [0.05, 0.1) is 0 Å². The van der Waals surface area contributed by atoms with Crippen molar-refractivity contribution >= 4 is 85.5 Å². The average Bonchev–Trinajstić information content (AvgIpc) is 3.02. The molecular weight excluding hydrogens is 498 g/mol. The molecule has 2 aliphatic heterocycles. The number of rotatable bonds is 5. The molecule has 1 fully saturated rings. The lowest BCUT2D eigenvalue weighted by Gasteiger charge is -2.40. The van der Waals surface area contributed by atoms with Crippen LogP contribution in [-0.4, -0.2) is 78.7 Å². The summed E-state index contributed by atoms with van der Waals surface area (Å²) in [4.78, 5) is 53.1. The first-order valence-electron chi connectivity index (χ1n) is 11.9. The predicted molar refractivity (Wildman–Crippen MR) is 148 cm³/mol. The number of hydrogen-bond acceptors (Lipinski definition) is 4. The quantitative estimate of drug-likeness (QED) is 0.323. The molecule has 4 rings (SSSR count). The summed E-state index contributed by atoms with van der Waals surface area (Å²) in [5.74, 6) is -6.33. The van der Waals surface area contributed by atoms with Crippen molar-refractivity contribution < 1.29 is 28.0 Å². The smallest absolute Gasteiger partial charge is 0.348 e. The fourth-order valence-corrected chi connectivity index (χ4v) is 5.35. The summed E-state index contributed by atoms with van der Waals surface area (Å²) in [6.45, 7) is -0.106. The highest BCUT2D eigenvalue weighted by Crippen LogP contribution is 2.37. The van der Waals surface area contributed by atoms with E-state index in [0.717, 1.165) is 16.9 Å². The Morgan fingerprint density at radius 3 is 2.38 bits per heavy atom. The number of fused-ring (bicyclic) bond motifs is 1. The third-order valence-electron chi connectivity index (χ3n) is 7.45. The monoisotopic (exact) mass is 521 g/mol. The Morgan fingerprint density at radius 1 is 1.16 bits per heavy atom. The third kappa shape index (κ3) is 4.49. The van der Waals surface area contributed by atoms with Crippen LogP contribution in [0.1, 0.15) is 39.9 Å². The molecule has 186 valence electrons. The average molecular weight is 521 g/mol. The molecule has 0 radical (unpaired) electrons. The summed E-state index contributed by atoms with van der Waals surface area (Å²) in [5, 5.41) is 1.68. The van der Waals surface area contributed by atoms with Crippen LogP contribution in [0.4, 0.5) is 8.78 Å². The normalized spacial score (nSPS) is 18.9. The van der Waals surface area contributed by atoms with Gasteiger partial charge in [0, 0.05) is 34.5 Å². The highest BCUT2D eigenvalue weighted by Gasteiger charge is 2.50. The molecule has 7 nitrogen and oxygen atoms in total. The zero-order chi connectivity index (χ0) is 27.4. The molecule has 0 bridgehead atoms. The second kappa shape index (κ2) is 9.38. The summed E-state index contributed by atoms with van der Waals surface area (Å²) in [5.41, 5.74) is 2.61. The first-order valence-corrected chi connectivity index (χ1v) is 12.3. The highest BCUT2D eigenvalue weighted by molar-refractivity contribution is 6.53. The van der Waals surface area contributed by atoms with E-state index in [4.69, 9.17) is 11.6 Å². The molecule has 1 N–H and O–H groups in total. The molecular formula is C22H23B5ClF2N3O4. The maximum absolute atomic E-state index is 15.0. The molecule has 1 unspecified atom stereocenters. The van der Waals surface area contributed by atoms with Crippen molar-refractivity contribution in [2.75, 3.05) is 0 Å². The van der Waals surface area contributed by atoms with Crippen LogP contribution in [0, 0.1) is 0 Å². The van der Waals surface area contributed by atoms with E-state index in [0.29, 0.717) is 27.6 Å². The fraction of sp³-hybridized carbons (Fsp3) is 0.273. The number of nitrogens with one attached hydrogen (secondary N) is 1. The zero-order valence-corrected chi connectivity index (χ0v) is 22.0. The van der Waals surface area contributed by atoms with Gasteiger partial charge in [-0.25, -0.2) is 0 Å². The predicted octanol–water partition coefficient (Wildman–Crippen LogP) is -3.84. The van der Waals surface area contributed by atoms with Crippen molar-refractivity contribution in [3.8, 4) is 0 Å². The second-order valence-corrected chi connectivity index (χ2v) is 10.6. The highest BCUT2D eigenvalue weighted by atomic mass is 35.5. The standard InChI is InChI=1S/C22H23B5ClF2N3O4/c23-16-9(8-32(27)20(37)21(29,30)10-1-3-11(28)4-2-10)7-12-15(17(16)24)19(36)33(22(12,25)26)13-5-6-14(34)31-18(13)35/h1-4,7,13H,5-6,8,23-27H2,(H,31,34,35). The number of benzene rings is 2. The van der Waals surface area contributed by atoms with Crippen LogP contribution < -0.4 is 16.2 Å². The Labute approximate surface area is 222 Å². The van der Waals surface area contributed by atoms with Crippen LogP contribution in [0.25, 0.3) is 0 Å². The number of hydrogen-bond donors (Lipinski definition) is 1. The van der Waals surface area contributed by atoms with Gasteiger partial charge in [-0.1, -0.05) is 40.7 Å². The van der Waals surface area contributed by atoms with Gasteiger partial charge >= 0.3 is 5.92 Å². The van der Waals surface area contributed by atoms with Crippen molar-refractivity contribution in [2.45, 2.75) is 36.7 Å². The summed E-state index contributed by atoms with van der Waals surface area (Å²) >= 11 is 5.79. The van der Waals surface area contributed by atoms with Crippen LogP contribution in [0.15, 0.2) is 30.3 Å². The molecule has 15 heteroatoms. The van der Waals surface area contributed by atoms with E-state index in [9.17, 15) is 28.0 Å². The van der Waals surface area contributed by atoms with Crippen LogP contribution in [0.2, 0.25) is 5.02 Å². The lowest BCUT2D eigenvalue weighted by molar-refractivity contribution is -0.154. The van der Waals surface area contributed by atoms with E-state index < -0.39 is 34.7 Å². The summed E-state index contributed by atoms with van der Waals surface area (Å²) in [6, 6.07) is 5.80. The molecule has 2 heterocycles. The first kappa shape index (κ1) is 27.0. The van der Waals surface area contributed by atoms with E-state index in [1.165, 1.54) is 25.0 Å². The Morgan fingerprint density at radius 2 is 1.78 bits per heavy atom. The fourth-order valence-electron chi connectivity index (χ4n) is 5.22. The molecule has 2 aromatic carbocycles. The van der Waals surface area contributed by atoms with Crippen molar-refractivity contribution in [1.29, 1.82) is 0 Å². The van der Waals surface area contributed by atoms with Crippen LogP contribution in [-0.2, 0) is 32.2 Å². The number of imide groups is 1. The SMILES string of the molecule is Bc1c(CN(B)C(=O)C(F)(F)c2ccc(Cl)cc2)cc2c(c1B)C(=O)N(C1CCC(=O)NC1=O)C2(B)B. The van der Waals surface area contributed by atoms with Gasteiger partial charge in [0.15, 0.2) is 0 Å². The van der Waals surface area contributed by atoms with Gasteiger partial charge in [0.25, 0.3) is 11.8 Å². The number of carbonyl (C=O) groups is 4. The minimum absolute atomic E-state index is 0.106. The lowest BCUT2D eigenvalue weighted by atomic mass is 9.56. The van der Waals surface area contributed by atoms with Crippen LogP contribution in [0.3, 0.4) is 0 Å². The Hall–Kier alpha value is -3.01. The van der Waals surface area contributed by atoms with Crippen LogP contribution >= 0.6 is 11.6 Å². The van der Waals surface area contributed by atoms with Crippen molar-refractivity contribution in [3.63, 3.8) is 0 Å². The topological polar surface area (TPSA) is 86.8 Å². The van der Waals surface area contributed by atoms with Gasteiger partial charge < -0.3 is 9.71 Å². The van der Waals surface area contributed by atoms with E-state index in [-0.39, 0.29) is 36.2 Å². The number of halogens is 3. The van der Waals surface area contributed by atoms with Crippen molar-refractivity contribution in [1.82, 2.24) is 15.0 Å². The molecule has 0 spiro atoms. The molecule has 2 aliphatic rings. The number of amides is 4. The third-order valence-corrected chi connectivity index (χ3v) is 7.70. The van der Waals surface area contributed by atoms with E-state index in [1.807, 2.05) is 15.7 Å². The zero-order valence-electron chi connectivity index (χ0n) is 21.2. The maximum Gasteiger partial charge on any atom is 0.348 e. The Kier molecular flexibility index (Phi) is 6.86. The Bertz CT molecular complexity index is 1340. The number of alkyl halides is 2. The van der Waals surface area contributed by atoms with E-state index >= 15 is 0 Å². The van der Waals surface area contributed by atoms with Gasteiger partial charge in [-0.2, -0.15) is 8.78 Å². The maximum atomic E-state index is 15.0. The number of piperidine rings is 1. The van der Waals surface area contributed by atoms with Gasteiger partial charge in [0.1, 0.15) is 37.4 Å². The minimum Gasteiger partial charge on any atom is -0.384 e. The molecule has 1 atom stereocenters. The van der Waals surface area contributed by atoms with Crippen LogP contribution in [0.5, 0.6) is 0 Å². The summed E-state index contributed by atoms with van der Waals surface area (Å²) < 4.78 is 30.0. The van der Waals surface area contributed by atoms with Gasteiger partial charge in [-0.3, -0.25) is 24.5 Å². The second-order valence-electron chi connectivity index (χ2n) is 10.2. The van der Waals surface area contributed by atoms with Gasteiger partial charge in [0.2, 0.25) is 19.8 Å². The molecule has 4 amide bonds. The molecule has 0 aliphatic carbocycles. The number of carbonyl (C=O) groups excluding carboxylic acids is 4. The largest absolute Gasteiger partial charge is 0.384 e. The number of nitrogens with zero attached hydrogens (tertiary/aromatic N) is 2. The van der Waals surface area contributed by atoms with Crippen molar-refractivity contribution in [2.24, 2.45) is 0 Å². The Balaban J connectivity index is 1.66. The molecule has 37 heavy (non-hydrogen) atoms. The minimum atomic E-state index is -3.75. The molecule has 1 saturated heterocycles. The molecule has 0 saturated carbocycles. The van der Waals surface area contributed by atoms with Gasteiger partial charge in [-0.15, -0.1) is 0 Å². The first-order chi connectivity index (χ1) is 17.2. The molecule has 0 aromatic heterocycles. The van der Waals surface area contributed by atoms with Crippen molar-refractivity contribution in [3.05, 3.63) is 57.6 Å².